The number of aryl methyl sites for hydroxylation is 1. The first-order valence-corrected chi connectivity index (χ1v) is 7.72. The molecule has 2 rings (SSSR count). The van der Waals surface area contributed by atoms with Crippen LogP contribution in [-0.4, -0.2) is 34.4 Å². The van der Waals surface area contributed by atoms with Gasteiger partial charge < -0.3 is 16.0 Å². The van der Waals surface area contributed by atoms with Crippen LogP contribution in [0.4, 0.5) is 11.4 Å². The van der Waals surface area contributed by atoms with E-state index in [0.29, 0.717) is 29.4 Å². The van der Waals surface area contributed by atoms with E-state index in [-0.39, 0.29) is 24.2 Å². The zero-order valence-corrected chi connectivity index (χ0v) is 13.7. The van der Waals surface area contributed by atoms with Gasteiger partial charge in [-0.1, -0.05) is 13.0 Å². The summed E-state index contributed by atoms with van der Waals surface area (Å²) in [4.78, 5) is 25.8. The van der Waals surface area contributed by atoms with E-state index in [2.05, 4.69) is 5.32 Å². The molecule has 5 nitrogen and oxygen atoms in total. The van der Waals surface area contributed by atoms with Crippen LogP contribution < -0.4 is 11.1 Å². The third kappa shape index (κ3) is 4.04. The Balaban J connectivity index is 0.00000220. The average Bonchev–Trinajstić information content (AvgIpc) is 2.91. The molecule has 0 radical (unpaired) electrons. The highest BCUT2D eigenvalue weighted by Crippen LogP contribution is 2.24. The van der Waals surface area contributed by atoms with Crippen LogP contribution in [0.15, 0.2) is 18.2 Å². The Morgan fingerprint density at radius 2 is 2.19 bits per heavy atom. The molecule has 7 heteroatoms. The first kappa shape index (κ1) is 17.7. The van der Waals surface area contributed by atoms with Gasteiger partial charge in [0, 0.05) is 23.5 Å². The van der Waals surface area contributed by atoms with Crippen molar-refractivity contribution in [3.8, 4) is 0 Å². The van der Waals surface area contributed by atoms with Crippen molar-refractivity contribution in [2.75, 3.05) is 22.7 Å². The van der Waals surface area contributed by atoms with Crippen LogP contribution in [-0.2, 0) is 9.59 Å². The summed E-state index contributed by atoms with van der Waals surface area (Å²) in [6.07, 6.45) is 0.418. The summed E-state index contributed by atoms with van der Waals surface area (Å²) in [5, 5.41) is 2.88. The number of carbonyl (C=O) groups is 2. The number of hydrogen-bond acceptors (Lipinski definition) is 4. The van der Waals surface area contributed by atoms with Gasteiger partial charge in [0.05, 0.1) is 5.88 Å². The highest BCUT2D eigenvalue weighted by molar-refractivity contribution is 7.99. The van der Waals surface area contributed by atoms with Gasteiger partial charge in [-0.15, -0.1) is 24.2 Å². The van der Waals surface area contributed by atoms with Crippen LogP contribution in [0.25, 0.3) is 0 Å². The number of nitrogens with zero attached hydrogens (tertiary/aromatic N) is 1. The molecule has 1 fully saturated rings. The first-order valence-electron chi connectivity index (χ1n) is 6.57. The maximum atomic E-state index is 12.3. The summed E-state index contributed by atoms with van der Waals surface area (Å²) in [7, 11) is 0. The van der Waals surface area contributed by atoms with Gasteiger partial charge in [-0.25, -0.2) is 0 Å². The highest BCUT2D eigenvalue weighted by Gasteiger charge is 2.33. The van der Waals surface area contributed by atoms with Crippen LogP contribution >= 0.6 is 24.2 Å². The summed E-state index contributed by atoms with van der Waals surface area (Å²) in [6, 6.07) is 5.00. The number of nitrogens with two attached hydrogens (primary N) is 1. The number of rotatable bonds is 3. The second-order valence-electron chi connectivity index (χ2n) is 4.80. The van der Waals surface area contributed by atoms with Gasteiger partial charge in [-0.05, 0) is 24.6 Å². The SMILES string of the molecule is CCC(=O)N1CSCC1C(=O)Nc1cc(N)ccc1C.Cl. The molecular formula is C14H20ClN3O2S. The molecule has 116 valence electrons. The van der Waals surface area contributed by atoms with Crippen molar-refractivity contribution < 1.29 is 9.59 Å². The van der Waals surface area contributed by atoms with Crippen molar-refractivity contribution in [3.63, 3.8) is 0 Å². The van der Waals surface area contributed by atoms with Crippen LogP contribution in [0.2, 0.25) is 0 Å². The summed E-state index contributed by atoms with van der Waals surface area (Å²) in [6.45, 7) is 3.72. The van der Waals surface area contributed by atoms with Gasteiger partial charge in [-0.2, -0.15) is 0 Å². The molecule has 0 aliphatic carbocycles. The van der Waals surface area contributed by atoms with E-state index in [1.807, 2.05) is 19.9 Å². The van der Waals surface area contributed by atoms with Gasteiger partial charge in [-0.3, -0.25) is 9.59 Å². The molecule has 1 unspecified atom stereocenters. The number of halogens is 1. The molecule has 1 aromatic carbocycles. The lowest BCUT2D eigenvalue weighted by atomic mass is 10.1. The third-order valence-electron chi connectivity index (χ3n) is 3.33. The standard InChI is InChI=1S/C14H19N3O2S.ClH/c1-3-13(18)17-8-20-7-12(17)14(19)16-11-6-10(15)5-4-9(11)2;/h4-6,12H,3,7-8,15H2,1-2H3,(H,16,19);1H. The lowest BCUT2D eigenvalue weighted by molar-refractivity contribution is -0.135. The first-order chi connectivity index (χ1) is 9.52. The molecule has 1 atom stereocenters. The predicted octanol–water partition coefficient (Wildman–Crippen LogP) is 2.25. The van der Waals surface area contributed by atoms with Gasteiger partial charge in [0.15, 0.2) is 0 Å². The van der Waals surface area contributed by atoms with Crippen LogP contribution in [0, 0.1) is 6.92 Å². The number of amides is 2. The number of nitrogen functional groups attached to an aromatic ring is 1. The molecule has 1 aliphatic rings. The highest BCUT2D eigenvalue weighted by atomic mass is 35.5. The number of thioether (sulfide) groups is 1. The molecule has 21 heavy (non-hydrogen) atoms. The number of nitrogens with one attached hydrogen (secondary N) is 1. The monoisotopic (exact) mass is 329 g/mol. The zero-order chi connectivity index (χ0) is 14.7. The van der Waals surface area contributed by atoms with Crippen molar-refractivity contribution in [1.82, 2.24) is 4.90 Å². The molecular weight excluding hydrogens is 310 g/mol. The maximum absolute atomic E-state index is 12.3. The smallest absolute Gasteiger partial charge is 0.248 e. The van der Waals surface area contributed by atoms with Crippen molar-refractivity contribution >= 4 is 47.4 Å². The number of benzene rings is 1. The van der Waals surface area contributed by atoms with Crippen molar-refractivity contribution in [2.24, 2.45) is 0 Å². The fraction of sp³-hybridized carbons (Fsp3) is 0.429. The lowest BCUT2D eigenvalue weighted by Gasteiger charge is -2.23. The number of anilines is 2. The Morgan fingerprint density at radius 1 is 1.48 bits per heavy atom. The summed E-state index contributed by atoms with van der Waals surface area (Å²) >= 11 is 1.60. The molecule has 0 aromatic heterocycles. The van der Waals surface area contributed by atoms with E-state index in [0.717, 1.165) is 5.56 Å². The minimum Gasteiger partial charge on any atom is -0.399 e. The zero-order valence-electron chi connectivity index (χ0n) is 12.1. The van der Waals surface area contributed by atoms with Crippen molar-refractivity contribution in [1.29, 1.82) is 0 Å². The second-order valence-corrected chi connectivity index (χ2v) is 5.80. The average molecular weight is 330 g/mol. The second kappa shape index (κ2) is 7.56. The van der Waals surface area contributed by atoms with Gasteiger partial charge >= 0.3 is 0 Å². The Labute approximate surface area is 135 Å². The number of hydrogen-bond donors (Lipinski definition) is 2. The van der Waals surface area contributed by atoms with Crippen LogP contribution in [0.1, 0.15) is 18.9 Å². The Bertz CT molecular complexity index is 539. The molecule has 1 aliphatic heterocycles. The van der Waals surface area contributed by atoms with Crippen LogP contribution in [0.3, 0.4) is 0 Å². The molecule has 1 aromatic rings. The third-order valence-corrected chi connectivity index (χ3v) is 4.34. The molecule has 0 spiro atoms. The van der Waals surface area contributed by atoms with Crippen LogP contribution in [0.5, 0.6) is 0 Å². The molecule has 0 saturated carbocycles. The number of carbonyl (C=O) groups excluding carboxylic acids is 2. The van der Waals surface area contributed by atoms with E-state index in [1.165, 1.54) is 0 Å². The molecule has 1 heterocycles. The van der Waals surface area contributed by atoms with Gasteiger partial charge in [0.25, 0.3) is 0 Å². The molecule has 2 amide bonds. The minimum absolute atomic E-state index is 0. The lowest BCUT2D eigenvalue weighted by Crippen LogP contribution is -2.44. The van der Waals surface area contributed by atoms with Gasteiger partial charge in [0.1, 0.15) is 6.04 Å². The summed E-state index contributed by atoms with van der Waals surface area (Å²) < 4.78 is 0. The van der Waals surface area contributed by atoms with Crippen molar-refractivity contribution in [3.05, 3.63) is 23.8 Å². The maximum Gasteiger partial charge on any atom is 0.248 e. The van der Waals surface area contributed by atoms with E-state index in [1.54, 1.807) is 28.8 Å². The van der Waals surface area contributed by atoms with E-state index in [9.17, 15) is 9.59 Å². The van der Waals surface area contributed by atoms with E-state index >= 15 is 0 Å². The van der Waals surface area contributed by atoms with E-state index < -0.39 is 6.04 Å². The van der Waals surface area contributed by atoms with Gasteiger partial charge in [0.2, 0.25) is 11.8 Å². The van der Waals surface area contributed by atoms with Crippen molar-refractivity contribution in [2.45, 2.75) is 26.3 Å². The largest absolute Gasteiger partial charge is 0.399 e. The Hall–Kier alpha value is -1.40. The Morgan fingerprint density at radius 3 is 2.86 bits per heavy atom. The minimum atomic E-state index is -0.395. The molecule has 3 N–H and O–H groups in total. The Kier molecular flexibility index (Phi) is 6.36. The molecule has 1 saturated heterocycles. The topological polar surface area (TPSA) is 75.4 Å². The fourth-order valence-corrected chi connectivity index (χ4v) is 3.28. The summed E-state index contributed by atoms with van der Waals surface area (Å²) in [5.41, 5.74) is 7.99. The quantitative estimate of drug-likeness (QED) is 0.834. The predicted molar refractivity (Wildman–Crippen MR) is 89.7 cm³/mol. The van der Waals surface area contributed by atoms with E-state index in [4.69, 9.17) is 5.73 Å². The normalized spacial score (nSPS) is 17.2. The fourth-order valence-electron chi connectivity index (χ4n) is 2.10. The molecule has 0 bridgehead atoms. The summed E-state index contributed by atoms with van der Waals surface area (Å²) in [5.74, 6) is 1.09.